The van der Waals surface area contributed by atoms with Crippen LogP contribution in [0.15, 0.2) is 0 Å². The molecule has 0 aromatic heterocycles. The molecule has 3 fully saturated rings. The monoisotopic (exact) mass is 280 g/mol. The molecule has 3 aliphatic rings. The van der Waals surface area contributed by atoms with E-state index < -0.39 is 6.10 Å². The second-order valence-corrected chi connectivity index (χ2v) is 6.87. The van der Waals surface area contributed by atoms with Gasteiger partial charge in [0.2, 0.25) is 5.91 Å². The molecule has 6 unspecified atom stereocenters. The van der Waals surface area contributed by atoms with Crippen molar-refractivity contribution >= 4 is 12.2 Å². The topological polar surface area (TPSA) is 60.9 Å². The van der Waals surface area contributed by atoms with Gasteiger partial charge in [-0.2, -0.15) is 0 Å². The molecule has 6 atom stereocenters. The highest BCUT2D eigenvalue weighted by atomic mass is 16.3. The van der Waals surface area contributed by atoms with Crippen LogP contribution in [0.2, 0.25) is 0 Å². The number of likely N-dealkylation sites (N-methyl/N-ethyl adjacent to an activating group) is 1. The standard InChI is InChI=1S/C15H24N2O3/c1-9-4-5-12-10(2)17-13(6-11(19)8-18)14(20)16(3)15(12,17)7-9/h8-13,19H,4-7H2,1-3H3. The summed E-state index contributed by atoms with van der Waals surface area (Å²) in [5.74, 6) is 1.21. The number of aliphatic hydroxyl groups excluding tert-OH is 1. The average molecular weight is 280 g/mol. The Balaban J connectivity index is 1.91. The third kappa shape index (κ3) is 1.56. The van der Waals surface area contributed by atoms with Crippen LogP contribution in [0.4, 0.5) is 0 Å². The Morgan fingerprint density at radius 2 is 2.15 bits per heavy atom. The molecule has 20 heavy (non-hydrogen) atoms. The van der Waals surface area contributed by atoms with Gasteiger partial charge in [0.25, 0.3) is 0 Å². The molecule has 1 aliphatic carbocycles. The Labute approximate surface area is 119 Å². The molecule has 2 aliphatic heterocycles. The van der Waals surface area contributed by atoms with Crippen molar-refractivity contribution in [3.05, 3.63) is 0 Å². The van der Waals surface area contributed by atoms with E-state index in [0.717, 1.165) is 6.42 Å². The Morgan fingerprint density at radius 1 is 1.45 bits per heavy atom. The maximum atomic E-state index is 12.6. The summed E-state index contributed by atoms with van der Waals surface area (Å²) in [6.07, 6.45) is 3.12. The first-order chi connectivity index (χ1) is 9.43. The molecular formula is C15H24N2O3. The quantitative estimate of drug-likeness (QED) is 0.770. The molecule has 5 heteroatoms. The zero-order chi connectivity index (χ0) is 14.7. The average Bonchev–Trinajstić information content (AvgIpc) is 2.58. The van der Waals surface area contributed by atoms with Crippen molar-refractivity contribution in [2.75, 3.05) is 7.05 Å². The highest BCUT2D eigenvalue weighted by Gasteiger charge is 2.70. The molecule has 5 nitrogen and oxygen atoms in total. The van der Waals surface area contributed by atoms with E-state index in [1.54, 1.807) is 0 Å². The molecule has 2 heterocycles. The van der Waals surface area contributed by atoms with Gasteiger partial charge in [-0.25, -0.2) is 0 Å². The van der Waals surface area contributed by atoms with Crippen LogP contribution in [0.5, 0.6) is 0 Å². The highest BCUT2D eigenvalue weighted by molar-refractivity contribution is 5.86. The number of hydrogen-bond donors (Lipinski definition) is 1. The van der Waals surface area contributed by atoms with Gasteiger partial charge in [-0.05, 0) is 25.7 Å². The van der Waals surface area contributed by atoms with Gasteiger partial charge >= 0.3 is 0 Å². The smallest absolute Gasteiger partial charge is 0.241 e. The summed E-state index contributed by atoms with van der Waals surface area (Å²) in [6, 6.07) is 0.0250. The van der Waals surface area contributed by atoms with E-state index in [1.165, 1.54) is 12.8 Å². The fourth-order valence-electron chi connectivity index (χ4n) is 4.99. The molecule has 112 valence electrons. The number of hydrogen-bond acceptors (Lipinski definition) is 4. The fourth-order valence-corrected chi connectivity index (χ4v) is 4.99. The van der Waals surface area contributed by atoms with E-state index in [2.05, 4.69) is 18.7 Å². The van der Waals surface area contributed by atoms with E-state index in [0.29, 0.717) is 24.2 Å². The van der Waals surface area contributed by atoms with Gasteiger partial charge in [-0.1, -0.05) is 13.3 Å². The molecule has 1 amide bonds. The van der Waals surface area contributed by atoms with Gasteiger partial charge in [0.15, 0.2) is 0 Å². The highest BCUT2D eigenvalue weighted by Crippen LogP contribution is 2.58. The SMILES string of the molecule is CC1CCC2C(C)N3C(CC(O)C=O)C(=O)N(C)C23C1. The van der Waals surface area contributed by atoms with Crippen LogP contribution in [0.1, 0.15) is 39.5 Å². The van der Waals surface area contributed by atoms with Crippen LogP contribution < -0.4 is 0 Å². The summed E-state index contributed by atoms with van der Waals surface area (Å²) in [7, 11) is 1.89. The lowest BCUT2D eigenvalue weighted by Gasteiger charge is -2.65. The number of aldehydes is 1. The van der Waals surface area contributed by atoms with Crippen LogP contribution in [-0.2, 0) is 9.59 Å². The molecular weight excluding hydrogens is 256 g/mol. The maximum Gasteiger partial charge on any atom is 0.241 e. The third-order valence-corrected chi connectivity index (χ3v) is 5.84. The molecule has 2 saturated heterocycles. The lowest BCUT2D eigenvalue weighted by molar-refractivity contribution is -0.207. The number of carbonyl (C=O) groups is 2. The number of nitrogens with zero attached hydrogens (tertiary/aromatic N) is 2. The predicted molar refractivity (Wildman–Crippen MR) is 73.8 cm³/mol. The van der Waals surface area contributed by atoms with Crippen molar-refractivity contribution in [1.29, 1.82) is 0 Å². The Morgan fingerprint density at radius 3 is 2.80 bits per heavy atom. The summed E-state index contributed by atoms with van der Waals surface area (Å²) in [6.45, 7) is 4.42. The molecule has 3 rings (SSSR count). The van der Waals surface area contributed by atoms with Gasteiger partial charge in [-0.3, -0.25) is 9.69 Å². The number of carbonyl (C=O) groups excluding carboxylic acids is 2. The van der Waals surface area contributed by atoms with Gasteiger partial charge in [0.1, 0.15) is 18.1 Å². The predicted octanol–water partition coefficient (Wildman–Crippen LogP) is 0.613. The molecule has 1 N–H and O–H groups in total. The van der Waals surface area contributed by atoms with Gasteiger partial charge in [0, 0.05) is 25.4 Å². The van der Waals surface area contributed by atoms with Crippen LogP contribution >= 0.6 is 0 Å². The lowest BCUT2D eigenvalue weighted by atomic mass is 9.63. The number of amides is 1. The summed E-state index contributed by atoms with van der Waals surface area (Å²) < 4.78 is 0. The van der Waals surface area contributed by atoms with Crippen molar-refractivity contribution in [1.82, 2.24) is 9.80 Å². The van der Waals surface area contributed by atoms with Gasteiger partial charge in [-0.15, -0.1) is 0 Å². The molecule has 1 saturated carbocycles. The zero-order valence-electron chi connectivity index (χ0n) is 12.5. The normalized spacial score (nSPS) is 45.6. The van der Waals surface area contributed by atoms with Crippen molar-refractivity contribution in [3.8, 4) is 0 Å². The van der Waals surface area contributed by atoms with Crippen molar-refractivity contribution in [2.45, 2.75) is 63.4 Å². The second-order valence-electron chi connectivity index (χ2n) is 6.87. The van der Waals surface area contributed by atoms with Crippen LogP contribution in [0, 0.1) is 11.8 Å². The van der Waals surface area contributed by atoms with Gasteiger partial charge in [0.05, 0.1) is 6.04 Å². The first-order valence-corrected chi connectivity index (χ1v) is 7.63. The van der Waals surface area contributed by atoms with E-state index in [9.17, 15) is 14.7 Å². The molecule has 1 spiro atoms. The lowest BCUT2D eigenvalue weighted by Crippen LogP contribution is -2.76. The molecule has 0 bridgehead atoms. The van der Waals surface area contributed by atoms with Crippen molar-refractivity contribution in [3.63, 3.8) is 0 Å². The summed E-state index contributed by atoms with van der Waals surface area (Å²) >= 11 is 0. The van der Waals surface area contributed by atoms with E-state index in [4.69, 9.17) is 0 Å². The van der Waals surface area contributed by atoms with Crippen LogP contribution in [0.25, 0.3) is 0 Å². The van der Waals surface area contributed by atoms with Crippen molar-refractivity contribution in [2.24, 2.45) is 11.8 Å². The minimum Gasteiger partial charge on any atom is -0.386 e. The Bertz CT molecular complexity index is 441. The minimum atomic E-state index is -1.04. The summed E-state index contributed by atoms with van der Waals surface area (Å²) in [5.41, 5.74) is -0.151. The summed E-state index contributed by atoms with van der Waals surface area (Å²) in [5, 5.41) is 9.62. The Kier molecular flexibility index (Phi) is 3.18. The molecule has 0 aromatic carbocycles. The van der Waals surface area contributed by atoms with E-state index in [1.807, 2.05) is 11.9 Å². The second kappa shape index (κ2) is 4.53. The minimum absolute atomic E-state index is 0.0642. The maximum absolute atomic E-state index is 12.6. The third-order valence-electron chi connectivity index (χ3n) is 5.84. The fraction of sp³-hybridized carbons (Fsp3) is 0.867. The first-order valence-electron chi connectivity index (χ1n) is 7.63. The van der Waals surface area contributed by atoms with E-state index in [-0.39, 0.29) is 24.0 Å². The van der Waals surface area contributed by atoms with Crippen LogP contribution in [-0.4, -0.2) is 58.0 Å². The Hall–Kier alpha value is -0.940. The van der Waals surface area contributed by atoms with Crippen molar-refractivity contribution < 1.29 is 14.7 Å². The number of aliphatic hydroxyl groups is 1. The largest absolute Gasteiger partial charge is 0.386 e. The first kappa shape index (κ1) is 14.0. The molecule has 0 aromatic rings. The van der Waals surface area contributed by atoms with Gasteiger partial charge < -0.3 is 14.8 Å². The number of rotatable bonds is 3. The molecule has 0 radical (unpaired) electrons. The van der Waals surface area contributed by atoms with Crippen LogP contribution in [0.3, 0.4) is 0 Å². The van der Waals surface area contributed by atoms with E-state index >= 15 is 0 Å². The zero-order valence-corrected chi connectivity index (χ0v) is 12.5. The summed E-state index contributed by atoms with van der Waals surface area (Å²) in [4.78, 5) is 27.4.